The fourth-order valence-corrected chi connectivity index (χ4v) is 6.41. The van der Waals surface area contributed by atoms with Crippen LogP contribution in [-0.2, 0) is 24.8 Å². The van der Waals surface area contributed by atoms with Crippen molar-refractivity contribution in [2.45, 2.75) is 16.2 Å². The third-order valence-electron chi connectivity index (χ3n) is 5.53. The van der Waals surface area contributed by atoms with Gasteiger partial charge in [0.1, 0.15) is 5.75 Å². The molecule has 0 aliphatic heterocycles. The number of benzene rings is 4. The quantitative estimate of drug-likeness (QED) is 0.210. The molecule has 0 fully saturated rings. The van der Waals surface area contributed by atoms with Gasteiger partial charge in [0.05, 0.1) is 22.6 Å². The first-order valence-corrected chi connectivity index (χ1v) is 15.4. The van der Waals surface area contributed by atoms with Crippen LogP contribution in [0, 0.1) is 0 Å². The molecular weight excluding hydrogens is 594 g/mol. The van der Waals surface area contributed by atoms with Gasteiger partial charge in [0.2, 0.25) is 5.91 Å². The zero-order chi connectivity index (χ0) is 27.3. The summed E-state index contributed by atoms with van der Waals surface area (Å²) in [4.78, 5) is 11.7. The summed E-state index contributed by atoms with van der Waals surface area (Å²) in [6.45, 7) is 0. The highest BCUT2D eigenvalue weighted by atomic mass is 79.9. The normalized spacial score (nSPS) is 11.6. The van der Waals surface area contributed by atoms with Crippen LogP contribution in [0.3, 0.4) is 0 Å². The van der Waals surface area contributed by atoms with E-state index in [0.717, 1.165) is 0 Å². The number of fused-ring (bicyclic) bond motifs is 1. The maximum absolute atomic E-state index is 13.2. The van der Waals surface area contributed by atoms with Crippen LogP contribution >= 0.6 is 15.9 Å². The minimum absolute atomic E-state index is 0.00422. The topological polar surface area (TPSA) is 131 Å². The van der Waals surface area contributed by atoms with E-state index in [-0.39, 0.29) is 27.8 Å². The molecule has 0 radical (unpaired) electrons. The first-order chi connectivity index (χ1) is 18.1. The third-order valence-corrected chi connectivity index (χ3v) is 8.75. The molecule has 1 amide bonds. The van der Waals surface area contributed by atoms with Gasteiger partial charge in [0.15, 0.2) is 0 Å². The second-order valence-electron chi connectivity index (χ2n) is 8.11. The molecule has 0 unspecified atom stereocenters. The lowest BCUT2D eigenvalue weighted by Gasteiger charge is -2.15. The number of alkyl halides is 1. The fraction of sp³-hybridized carbons (Fsp3) is 0.115. The Morgan fingerprint density at radius 1 is 0.763 bits per heavy atom. The zero-order valence-electron chi connectivity index (χ0n) is 20.1. The molecule has 4 rings (SSSR count). The fourth-order valence-electron chi connectivity index (χ4n) is 3.69. The molecule has 38 heavy (non-hydrogen) atoms. The number of hydrogen-bond donors (Lipinski definition) is 3. The number of hydrogen-bond acceptors (Lipinski definition) is 6. The van der Waals surface area contributed by atoms with Crippen molar-refractivity contribution in [3.05, 3.63) is 84.9 Å². The lowest BCUT2D eigenvalue weighted by Crippen LogP contribution is -2.16. The van der Waals surface area contributed by atoms with Crippen molar-refractivity contribution in [2.75, 3.05) is 27.2 Å². The van der Waals surface area contributed by atoms with Crippen molar-refractivity contribution < 1.29 is 26.4 Å². The Labute approximate surface area is 229 Å². The molecule has 9 nitrogen and oxygen atoms in total. The molecular formula is C26H24BrN3O6S2. The molecule has 3 N–H and O–H groups in total. The maximum Gasteiger partial charge on any atom is 0.262 e. The van der Waals surface area contributed by atoms with E-state index in [1.807, 2.05) is 0 Å². The second kappa shape index (κ2) is 11.4. The van der Waals surface area contributed by atoms with Crippen LogP contribution < -0.4 is 19.5 Å². The molecule has 0 spiro atoms. The molecule has 198 valence electrons. The van der Waals surface area contributed by atoms with Crippen LogP contribution in [-0.4, -0.2) is 35.2 Å². The van der Waals surface area contributed by atoms with Gasteiger partial charge in [0, 0.05) is 33.9 Å². The molecule has 4 aromatic rings. The first kappa shape index (κ1) is 27.4. The van der Waals surface area contributed by atoms with Crippen molar-refractivity contribution in [1.29, 1.82) is 0 Å². The van der Waals surface area contributed by atoms with Crippen molar-refractivity contribution in [3.8, 4) is 5.75 Å². The van der Waals surface area contributed by atoms with E-state index in [4.69, 9.17) is 4.74 Å². The van der Waals surface area contributed by atoms with Crippen LogP contribution in [0.15, 0.2) is 94.7 Å². The number of carbonyl (C=O) groups excluding carboxylic acids is 1. The van der Waals surface area contributed by atoms with Gasteiger partial charge in [-0.3, -0.25) is 14.2 Å². The number of nitrogens with one attached hydrogen (secondary N) is 3. The lowest BCUT2D eigenvalue weighted by atomic mass is 10.1. The molecule has 0 heterocycles. The molecule has 0 aliphatic carbocycles. The van der Waals surface area contributed by atoms with Crippen molar-refractivity contribution >= 4 is 69.7 Å². The molecule has 0 saturated heterocycles. The summed E-state index contributed by atoms with van der Waals surface area (Å²) in [6, 6.07) is 21.6. The molecule has 0 saturated carbocycles. The average molecular weight is 619 g/mol. The van der Waals surface area contributed by atoms with E-state index in [2.05, 4.69) is 30.7 Å². The predicted molar refractivity (Wildman–Crippen MR) is 152 cm³/mol. The highest BCUT2D eigenvalue weighted by molar-refractivity contribution is 9.09. The van der Waals surface area contributed by atoms with Gasteiger partial charge >= 0.3 is 0 Å². The minimum Gasteiger partial charge on any atom is -0.497 e. The van der Waals surface area contributed by atoms with Crippen LogP contribution in [0.4, 0.5) is 17.1 Å². The van der Waals surface area contributed by atoms with Crippen molar-refractivity contribution in [3.63, 3.8) is 0 Å². The predicted octanol–water partition coefficient (Wildman–Crippen LogP) is 5.17. The summed E-state index contributed by atoms with van der Waals surface area (Å²) in [5.41, 5.74) is 1.05. The van der Waals surface area contributed by atoms with Crippen LogP contribution in [0.1, 0.15) is 6.42 Å². The Balaban J connectivity index is 1.62. The minimum atomic E-state index is -4.01. The summed E-state index contributed by atoms with van der Waals surface area (Å²) < 4.78 is 62.9. The Hall–Kier alpha value is -3.61. The number of methoxy groups -OCH3 is 1. The SMILES string of the molecule is COc1ccc(NS(=O)(=O)c2ccc(NS(=O)(=O)c3ccc(NC(=O)CCBr)cc3)c3ccccc23)cc1. The lowest BCUT2D eigenvalue weighted by molar-refractivity contribution is -0.115. The van der Waals surface area contributed by atoms with E-state index in [1.54, 1.807) is 48.5 Å². The number of sulfonamides is 2. The van der Waals surface area contributed by atoms with E-state index in [1.165, 1.54) is 43.5 Å². The standard InChI is InChI=1S/C26H24BrN3O6S2/c1-36-20-10-6-19(7-11-20)29-38(34,35)25-15-14-24(22-4-2-3-5-23(22)25)30-37(32,33)21-12-8-18(9-13-21)28-26(31)16-17-27/h2-15,29-30H,16-17H2,1H3,(H,28,31). The summed E-state index contributed by atoms with van der Waals surface area (Å²) in [5, 5.41) is 3.96. The van der Waals surface area contributed by atoms with Gasteiger partial charge < -0.3 is 10.1 Å². The monoisotopic (exact) mass is 617 g/mol. The van der Waals surface area contributed by atoms with Gasteiger partial charge in [-0.2, -0.15) is 0 Å². The summed E-state index contributed by atoms with van der Waals surface area (Å²) in [5.74, 6) is 0.391. The van der Waals surface area contributed by atoms with Crippen LogP contribution in [0.2, 0.25) is 0 Å². The highest BCUT2D eigenvalue weighted by Gasteiger charge is 2.21. The number of rotatable bonds is 10. The number of anilines is 3. The molecule has 0 aromatic heterocycles. The molecule has 12 heteroatoms. The van der Waals surface area contributed by atoms with Crippen LogP contribution in [0.5, 0.6) is 5.75 Å². The smallest absolute Gasteiger partial charge is 0.262 e. The molecule has 4 aromatic carbocycles. The second-order valence-corrected chi connectivity index (χ2v) is 12.2. The van der Waals surface area contributed by atoms with Gasteiger partial charge in [-0.1, -0.05) is 40.2 Å². The van der Waals surface area contributed by atoms with Gasteiger partial charge in [-0.05, 0) is 60.7 Å². The Kier molecular flexibility index (Phi) is 8.24. The Bertz CT molecular complexity index is 1670. The van der Waals surface area contributed by atoms with Gasteiger partial charge in [0.25, 0.3) is 20.0 Å². The van der Waals surface area contributed by atoms with Gasteiger partial charge in [-0.25, -0.2) is 16.8 Å². The number of halogens is 1. The maximum atomic E-state index is 13.2. The van der Waals surface area contributed by atoms with Gasteiger partial charge in [-0.15, -0.1) is 0 Å². The Morgan fingerprint density at radius 3 is 2.03 bits per heavy atom. The van der Waals surface area contributed by atoms with E-state index in [9.17, 15) is 21.6 Å². The number of carbonyl (C=O) groups is 1. The molecule has 0 aliphatic rings. The van der Waals surface area contributed by atoms with Crippen LogP contribution in [0.25, 0.3) is 10.8 Å². The van der Waals surface area contributed by atoms with E-state index >= 15 is 0 Å². The zero-order valence-corrected chi connectivity index (χ0v) is 23.4. The highest BCUT2D eigenvalue weighted by Crippen LogP contribution is 2.32. The van der Waals surface area contributed by atoms with Crippen molar-refractivity contribution in [2.24, 2.45) is 0 Å². The first-order valence-electron chi connectivity index (χ1n) is 11.3. The summed E-state index contributed by atoms with van der Waals surface area (Å²) >= 11 is 3.19. The number of ether oxygens (including phenoxy) is 1. The average Bonchev–Trinajstić information content (AvgIpc) is 2.89. The summed E-state index contributed by atoms with van der Waals surface area (Å²) in [6.07, 6.45) is 0.288. The largest absolute Gasteiger partial charge is 0.497 e. The van der Waals surface area contributed by atoms with Crippen molar-refractivity contribution in [1.82, 2.24) is 0 Å². The third kappa shape index (κ3) is 6.26. The number of amides is 1. The Morgan fingerprint density at radius 2 is 1.39 bits per heavy atom. The van der Waals surface area contributed by atoms with E-state index < -0.39 is 20.0 Å². The summed E-state index contributed by atoms with van der Waals surface area (Å²) in [7, 11) is -6.49. The van der Waals surface area contributed by atoms with E-state index in [0.29, 0.717) is 33.2 Å². The molecule has 0 bridgehead atoms. The molecule has 0 atom stereocenters.